The number of hydrogen-bond acceptors (Lipinski definition) is 2. The Morgan fingerprint density at radius 1 is 0.833 bits per heavy atom. The maximum atomic E-state index is 13.5. The number of nitrogens with zero attached hydrogens (tertiary/aromatic N) is 2. The van der Waals surface area contributed by atoms with Crippen LogP contribution in [0.1, 0.15) is 5.56 Å². The number of rotatable bonds is 4. The minimum absolute atomic E-state index is 0.239. The van der Waals surface area contributed by atoms with Crippen molar-refractivity contribution in [1.82, 2.24) is 4.98 Å². The maximum absolute atomic E-state index is 13.5. The Labute approximate surface area is 181 Å². The van der Waals surface area contributed by atoms with Gasteiger partial charge in [-0.15, -0.1) is 0 Å². The standard InChI is InChI=1S/C25H17BrFN2O/c26-21-12-20(15-29(16-21)14-17-5-4-8-22(27)11-17)25-28-23-13-19(9-10-24(23)30-25)18-6-2-1-3-7-18/h1-13,15-16H,14H2/q+1. The summed E-state index contributed by atoms with van der Waals surface area (Å²) in [7, 11) is 0. The summed E-state index contributed by atoms with van der Waals surface area (Å²) in [5, 5.41) is 0. The summed E-state index contributed by atoms with van der Waals surface area (Å²) in [5.41, 5.74) is 5.51. The first kappa shape index (κ1) is 18.7. The number of fused-ring (bicyclic) bond motifs is 1. The lowest BCUT2D eigenvalue weighted by molar-refractivity contribution is -0.688. The molecule has 3 aromatic carbocycles. The number of pyridine rings is 1. The summed E-state index contributed by atoms with van der Waals surface area (Å²) >= 11 is 3.56. The van der Waals surface area contributed by atoms with E-state index in [1.54, 1.807) is 6.07 Å². The second-order valence-electron chi connectivity index (χ2n) is 7.11. The first-order valence-electron chi connectivity index (χ1n) is 9.54. The zero-order valence-corrected chi connectivity index (χ0v) is 17.5. The Hall–Kier alpha value is -3.31. The Balaban J connectivity index is 1.51. The molecule has 0 radical (unpaired) electrons. The number of hydrogen-bond donors (Lipinski definition) is 0. The van der Waals surface area contributed by atoms with Crippen molar-refractivity contribution in [3.8, 4) is 22.6 Å². The largest absolute Gasteiger partial charge is 0.436 e. The molecule has 0 fully saturated rings. The fourth-order valence-corrected chi connectivity index (χ4v) is 4.02. The van der Waals surface area contributed by atoms with Crippen LogP contribution < -0.4 is 4.57 Å². The van der Waals surface area contributed by atoms with Crippen molar-refractivity contribution in [3.05, 3.63) is 107 Å². The van der Waals surface area contributed by atoms with Gasteiger partial charge < -0.3 is 4.42 Å². The SMILES string of the molecule is Fc1cccc(C[n+]2cc(Br)cc(-c3nc4cc(-c5ccccc5)ccc4o3)c2)c1. The second kappa shape index (κ2) is 7.84. The molecule has 0 aliphatic rings. The molecule has 30 heavy (non-hydrogen) atoms. The second-order valence-corrected chi connectivity index (χ2v) is 8.03. The van der Waals surface area contributed by atoms with E-state index in [2.05, 4.69) is 28.1 Å². The topological polar surface area (TPSA) is 29.9 Å². The smallest absolute Gasteiger partial charge is 0.233 e. The van der Waals surface area contributed by atoms with Gasteiger partial charge in [0.05, 0.1) is 4.47 Å². The van der Waals surface area contributed by atoms with Crippen LogP contribution in [-0.2, 0) is 6.54 Å². The minimum atomic E-state index is -0.239. The maximum Gasteiger partial charge on any atom is 0.233 e. The molecule has 0 saturated heterocycles. The zero-order chi connectivity index (χ0) is 20.5. The van der Waals surface area contributed by atoms with Gasteiger partial charge in [0.25, 0.3) is 0 Å². The van der Waals surface area contributed by atoms with Crippen molar-refractivity contribution < 1.29 is 13.4 Å². The summed E-state index contributed by atoms with van der Waals surface area (Å²) < 4.78 is 22.4. The predicted octanol–water partition coefficient (Wildman–Crippen LogP) is 6.40. The molecule has 0 bridgehead atoms. The molecule has 146 valence electrons. The van der Waals surface area contributed by atoms with Crippen LogP contribution in [0.4, 0.5) is 4.39 Å². The van der Waals surface area contributed by atoms with Gasteiger partial charge in [-0.1, -0.05) is 48.5 Å². The molecule has 2 aromatic heterocycles. The van der Waals surface area contributed by atoms with E-state index in [1.165, 1.54) is 12.1 Å². The van der Waals surface area contributed by atoms with E-state index < -0.39 is 0 Å². The van der Waals surface area contributed by atoms with Crippen molar-refractivity contribution in [1.29, 1.82) is 0 Å². The molecule has 0 unspecified atom stereocenters. The average molecular weight is 460 g/mol. The Morgan fingerprint density at radius 3 is 2.53 bits per heavy atom. The highest BCUT2D eigenvalue weighted by Gasteiger charge is 2.15. The minimum Gasteiger partial charge on any atom is -0.436 e. The van der Waals surface area contributed by atoms with Gasteiger partial charge in [0.2, 0.25) is 5.89 Å². The van der Waals surface area contributed by atoms with Crippen LogP contribution in [0.15, 0.2) is 100 Å². The number of benzene rings is 3. The fourth-order valence-electron chi connectivity index (χ4n) is 3.51. The third-order valence-corrected chi connectivity index (χ3v) is 5.32. The first-order valence-corrected chi connectivity index (χ1v) is 10.3. The van der Waals surface area contributed by atoms with E-state index >= 15 is 0 Å². The van der Waals surface area contributed by atoms with Crippen LogP contribution in [0.3, 0.4) is 0 Å². The van der Waals surface area contributed by atoms with Crippen molar-refractivity contribution in [2.24, 2.45) is 0 Å². The average Bonchev–Trinajstić information content (AvgIpc) is 3.17. The summed E-state index contributed by atoms with van der Waals surface area (Å²) in [5.74, 6) is 0.306. The lowest BCUT2D eigenvalue weighted by Gasteiger charge is -2.01. The van der Waals surface area contributed by atoms with E-state index in [0.29, 0.717) is 12.4 Å². The van der Waals surface area contributed by atoms with Gasteiger partial charge in [-0.05, 0) is 57.4 Å². The predicted molar refractivity (Wildman–Crippen MR) is 118 cm³/mol. The zero-order valence-electron chi connectivity index (χ0n) is 15.9. The summed E-state index contributed by atoms with van der Waals surface area (Å²) in [4.78, 5) is 4.71. The summed E-state index contributed by atoms with van der Waals surface area (Å²) in [6.07, 6.45) is 3.91. The third-order valence-electron chi connectivity index (χ3n) is 4.88. The normalized spacial score (nSPS) is 11.1. The third kappa shape index (κ3) is 3.89. The molecule has 3 nitrogen and oxygen atoms in total. The van der Waals surface area contributed by atoms with Crippen molar-refractivity contribution in [2.75, 3.05) is 0 Å². The van der Waals surface area contributed by atoms with Crippen molar-refractivity contribution in [3.63, 3.8) is 0 Å². The van der Waals surface area contributed by atoms with Crippen molar-refractivity contribution >= 4 is 27.0 Å². The van der Waals surface area contributed by atoms with E-state index in [-0.39, 0.29) is 5.82 Å². The van der Waals surface area contributed by atoms with E-state index in [0.717, 1.165) is 37.8 Å². The van der Waals surface area contributed by atoms with Gasteiger partial charge in [0.15, 0.2) is 24.5 Å². The van der Waals surface area contributed by atoms with Crippen LogP contribution >= 0.6 is 15.9 Å². The molecule has 5 rings (SSSR count). The van der Waals surface area contributed by atoms with Crippen LogP contribution in [0, 0.1) is 5.82 Å². The van der Waals surface area contributed by atoms with Crippen LogP contribution in [-0.4, -0.2) is 4.98 Å². The molecular formula is C25H17BrFN2O+. The van der Waals surface area contributed by atoms with E-state index in [4.69, 9.17) is 9.40 Å². The summed E-state index contributed by atoms with van der Waals surface area (Å²) in [6, 6.07) is 24.8. The van der Waals surface area contributed by atoms with Crippen LogP contribution in [0.2, 0.25) is 0 Å². The van der Waals surface area contributed by atoms with Crippen LogP contribution in [0.25, 0.3) is 33.7 Å². The van der Waals surface area contributed by atoms with Gasteiger partial charge in [-0.25, -0.2) is 9.37 Å². The lowest BCUT2D eigenvalue weighted by atomic mass is 10.1. The van der Waals surface area contributed by atoms with Gasteiger partial charge in [0.1, 0.15) is 16.9 Å². The molecule has 5 aromatic rings. The highest BCUT2D eigenvalue weighted by atomic mass is 79.9. The molecule has 2 heterocycles. The Morgan fingerprint density at radius 2 is 1.70 bits per heavy atom. The van der Waals surface area contributed by atoms with Gasteiger partial charge in [-0.2, -0.15) is 4.57 Å². The monoisotopic (exact) mass is 459 g/mol. The molecule has 0 aliphatic carbocycles. The molecular weight excluding hydrogens is 443 g/mol. The highest BCUT2D eigenvalue weighted by molar-refractivity contribution is 9.10. The first-order chi connectivity index (χ1) is 14.6. The number of aromatic nitrogens is 2. The Bertz CT molecular complexity index is 1350. The molecule has 5 heteroatoms. The Kier molecular flexibility index (Phi) is 4.89. The molecule has 0 spiro atoms. The van der Waals surface area contributed by atoms with E-state index in [9.17, 15) is 4.39 Å². The molecule has 0 N–H and O–H groups in total. The summed E-state index contributed by atoms with van der Waals surface area (Å²) in [6.45, 7) is 0.544. The molecule has 0 aliphatic heterocycles. The highest BCUT2D eigenvalue weighted by Crippen LogP contribution is 2.29. The van der Waals surface area contributed by atoms with Gasteiger partial charge >= 0.3 is 0 Å². The van der Waals surface area contributed by atoms with Gasteiger partial charge in [0, 0.05) is 5.56 Å². The van der Waals surface area contributed by atoms with Crippen molar-refractivity contribution in [2.45, 2.75) is 6.54 Å². The molecule has 0 saturated carbocycles. The number of halogens is 2. The fraction of sp³-hybridized carbons (Fsp3) is 0.0400. The number of oxazole rings is 1. The lowest BCUT2D eigenvalue weighted by Crippen LogP contribution is -2.33. The van der Waals surface area contributed by atoms with Gasteiger partial charge in [-0.3, -0.25) is 0 Å². The molecule has 0 amide bonds. The van der Waals surface area contributed by atoms with Crippen LogP contribution in [0.5, 0.6) is 0 Å². The quantitative estimate of drug-likeness (QED) is 0.291. The van der Waals surface area contributed by atoms with E-state index in [1.807, 2.05) is 65.5 Å². The molecule has 0 atom stereocenters.